The molecule has 0 bridgehead atoms. The van der Waals surface area contributed by atoms with E-state index < -0.39 is 0 Å². The second-order valence-electron chi connectivity index (χ2n) is 8.93. The van der Waals surface area contributed by atoms with E-state index in [1.807, 2.05) is 24.3 Å². The van der Waals surface area contributed by atoms with Gasteiger partial charge in [0.05, 0.1) is 20.3 Å². The van der Waals surface area contributed by atoms with Crippen LogP contribution in [0.15, 0.2) is 36.4 Å². The number of benzene rings is 2. The maximum atomic E-state index is 13.6. The second kappa shape index (κ2) is 10.5. The highest BCUT2D eigenvalue weighted by Gasteiger charge is 2.36. The predicted molar refractivity (Wildman–Crippen MR) is 132 cm³/mol. The van der Waals surface area contributed by atoms with Gasteiger partial charge in [-0.1, -0.05) is 38.8 Å². The van der Waals surface area contributed by atoms with Crippen molar-refractivity contribution in [2.75, 3.05) is 51.8 Å². The van der Waals surface area contributed by atoms with Crippen molar-refractivity contribution in [2.24, 2.45) is 0 Å². The molecule has 2 aliphatic heterocycles. The van der Waals surface area contributed by atoms with E-state index in [0.717, 1.165) is 63.1 Å². The number of carbonyl (C=O) groups excluding carboxylic acids is 1. The summed E-state index contributed by atoms with van der Waals surface area (Å²) in [5.74, 6) is 1.55. The molecule has 0 aromatic heterocycles. The zero-order chi connectivity index (χ0) is 23.4. The van der Waals surface area contributed by atoms with Crippen LogP contribution in [0.25, 0.3) is 0 Å². The molecule has 4 rings (SSSR count). The number of carbonyl (C=O) groups is 1. The number of methoxy groups -OCH3 is 2. The van der Waals surface area contributed by atoms with Crippen molar-refractivity contribution in [3.05, 3.63) is 53.1 Å². The van der Waals surface area contributed by atoms with Crippen molar-refractivity contribution in [3.63, 3.8) is 0 Å². The zero-order valence-corrected chi connectivity index (χ0v) is 20.5. The van der Waals surface area contributed by atoms with Crippen molar-refractivity contribution in [1.82, 2.24) is 9.80 Å². The van der Waals surface area contributed by atoms with Crippen molar-refractivity contribution >= 4 is 11.6 Å². The molecule has 2 aromatic carbocycles. The van der Waals surface area contributed by atoms with E-state index in [-0.39, 0.29) is 11.9 Å². The van der Waals surface area contributed by atoms with Gasteiger partial charge in [-0.05, 0) is 42.8 Å². The first kappa shape index (κ1) is 23.4. The molecule has 1 saturated heterocycles. The first-order valence-electron chi connectivity index (χ1n) is 12.2. The Morgan fingerprint density at radius 3 is 2.39 bits per heavy atom. The minimum atomic E-state index is 0.00875. The van der Waals surface area contributed by atoms with E-state index in [2.05, 4.69) is 40.7 Å². The van der Waals surface area contributed by atoms with Gasteiger partial charge in [0.25, 0.3) is 5.91 Å². The Kier molecular flexibility index (Phi) is 7.43. The van der Waals surface area contributed by atoms with E-state index in [0.29, 0.717) is 18.0 Å². The van der Waals surface area contributed by atoms with Crippen molar-refractivity contribution < 1.29 is 14.3 Å². The third-order valence-corrected chi connectivity index (χ3v) is 7.13. The molecule has 1 atom stereocenters. The van der Waals surface area contributed by atoms with Crippen LogP contribution in [-0.4, -0.2) is 62.7 Å². The smallest absolute Gasteiger partial charge is 0.255 e. The van der Waals surface area contributed by atoms with Gasteiger partial charge in [-0.25, -0.2) is 0 Å². The second-order valence-corrected chi connectivity index (χ2v) is 8.93. The zero-order valence-electron chi connectivity index (χ0n) is 20.5. The summed E-state index contributed by atoms with van der Waals surface area (Å²) in [7, 11) is 3.30. The van der Waals surface area contributed by atoms with Crippen molar-refractivity contribution in [2.45, 2.75) is 45.7 Å². The molecule has 33 heavy (non-hydrogen) atoms. The highest BCUT2D eigenvalue weighted by atomic mass is 16.5. The van der Waals surface area contributed by atoms with E-state index >= 15 is 0 Å². The molecule has 0 aliphatic carbocycles. The van der Waals surface area contributed by atoms with Gasteiger partial charge in [0, 0.05) is 49.5 Å². The quantitative estimate of drug-likeness (QED) is 0.551. The van der Waals surface area contributed by atoms with Crippen LogP contribution in [0.2, 0.25) is 0 Å². The lowest BCUT2D eigenvalue weighted by Crippen LogP contribution is -2.46. The molecular weight excluding hydrogens is 414 g/mol. The molecule has 0 unspecified atom stereocenters. The normalized spacial score (nSPS) is 17.3. The molecule has 1 fully saturated rings. The summed E-state index contributed by atoms with van der Waals surface area (Å²) in [4.78, 5) is 20.6. The molecule has 6 heteroatoms. The number of anilines is 1. The average molecular weight is 452 g/mol. The highest BCUT2D eigenvalue weighted by molar-refractivity contribution is 6.00. The minimum absolute atomic E-state index is 0.00875. The molecule has 2 heterocycles. The number of fused-ring (bicyclic) bond motifs is 1. The summed E-state index contributed by atoms with van der Waals surface area (Å²) in [5, 5.41) is 0. The maximum absolute atomic E-state index is 13.6. The van der Waals surface area contributed by atoms with Gasteiger partial charge in [-0.2, -0.15) is 0 Å². The number of ether oxygens (including phenoxy) is 2. The van der Waals surface area contributed by atoms with Crippen molar-refractivity contribution in [3.8, 4) is 11.5 Å². The van der Waals surface area contributed by atoms with Crippen LogP contribution in [0.5, 0.6) is 11.5 Å². The highest BCUT2D eigenvalue weighted by Crippen LogP contribution is 2.40. The Bertz CT molecular complexity index is 969. The molecule has 0 N–H and O–H groups in total. The Labute approximate surface area is 198 Å². The summed E-state index contributed by atoms with van der Waals surface area (Å²) < 4.78 is 11.0. The van der Waals surface area contributed by atoms with Gasteiger partial charge in [0.15, 0.2) is 11.5 Å². The predicted octanol–water partition coefficient (Wildman–Crippen LogP) is 4.73. The third kappa shape index (κ3) is 4.67. The van der Waals surface area contributed by atoms with Crippen LogP contribution >= 0.6 is 0 Å². The maximum Gasteiger partial charge on any atom is 0.255 e. The van der Waals surface area contributed by atoms with Gasteiger partial charge < -0.3 is 24.2 Å². The van der Waals surface area contributed by atoms with Crippen molar-refractivity contribution in [1.29, 1.82) is 0 Å². The lowest BCUT2D eigenvalue weighted by molar-refractivity contribution is 0.0689. The molecule has 2 aromatic rings. The number of amides is 1. The third-order valence-electron chi connectivity index (χ3n) is 7.13. The van der Waals surface area contributed by atoms with Crippen LogP contribution in [0.4, 0.5) is 5.69 Å². The largest absolute Gasteiger partial charge is 0.493 e. The number of unbranched alkanes of at least 4 members (excludes halogenated alkanes) is 1. The lowest BCUT2D eigenvalue weighted by Gasteiger charge is -2.36. The first-order chi connectivity index (χ1) is 16.1. The Balaban J connectivity index is 1.63. The fourth-order valence-electron chi connectivity index (χ4n) is 5.15. The molecule has 0 radical (unpaired) electrons. The molecule has 2 aliphatic rings. The van der Waals surface area contributed by atoms with Gasteiger partial charge in [-0.3, -0.25) is 4.79 Å². The topological polar surface area (TPSA) is 45.3 Å². The fourth-order valence-corrected chi connectivity index (χ4v) is 5.15. The lowest BCUT2D eigenvalue weighted by atomic mass is 9.99. The number of hydrogen-bond acceptors (Lipinski definition) is 5. The number of nitrogens with zero attached hydrogens (tertiary/aromatic N) is 3. The van der Waals surface area contributed by atoms with Crippen LogP contribution < -0.4 is 14.4 Å². The summed E-state index contributed by atoms with van der Waals surface area (Å²) in [5.41, 5.74) is 4.35. The number of likely N-dealkylation sites (N-methyl/N-ethyl adjacent to an activating group) is 1. The number of piperazine rings is 1. The van der Waals surface area contributed by atoms with E-state index in [4.69, 9.17) is 9.47 Å². The SMILES string of the molecule is CCCC[C@H](c1ccc(OC)c(OC)c1)N1Cc2c(cccc2N2CCN(CC)CC2)C1=O. The van der Waals surface area contributed by atoms with Gasteiger partial charge in [-0.15, -0.1) is 0 Å². The average Bonchev–Trinajstić information content (AvgIpc) is 3.20. The summed E-state index contributed by atoms with van der Waals surface area (Å²) in [6, 6.07) is 12.3. The summed E-state index contributed by atoms with van der Waals surface area (Å²) in [6.07, 6.45) is 3.08. The molecule has 178 valence electrons. The summed E-state index contributed by atoms with van der Waals surface area (Å²) in [6.45, 7) is 10.3. The Morgan fingerprint density at radius 2 is 1.73 bits per heavy atom. The monoisotopic (exact) mass is 451 g/mol. The van der Waals surface area contributed by atoms with E-state index in [1.165, 1.54) is 11.3 Å². The molecule has 6 nitrogen and oxygen atoms in total. The Morgan fingerprint density at radius 1 is 0.970 bits per heavy atom. The molecule has 0 spiro atoms. The minimum Gasteiger partial charge on any atom is -0.493 e. The first-order valence-corrected chi connectivity index (χ1v) is 12.2. The summed E-state index contributed by atoms with van der Waals surface area (Å²) >= 11 is 0. The van der Waals surface area contributed by atoms with Crippen LogP contribution in [0.1, 0.15) is 60.6 Å². The molecule has 1 amide bonds. The molecular formula is C27H37N3O3. The van der Waals surface area contributed by atoms with Crippen LogP contribution in [-0.2, 0) is 6.54 Å². The number of rotatable bonds is 9. The fraction of sp³-hybridized carbons (Fsp3) is 0.519. The number of hydrogen-bond donors (Lipinski definition) is 0. The van der Waals surface area contributed by atoms with Crippen LogP contribution in [0, 0.1) is 0 Å². The van der Waals surface area contributed by atoms with Gasteiger partial charge >= 0.3 is 0 Å². The van der Waals surface area contributed by atoms with Gasteiger partial charge in [0.2, 0.25) is 0 Å². The Hall–Kier alpha value is -2.73. The van der Waals surface area contributed by atoms with Crippen LogP contribution in [0.3, 0.4) is 0 Å². The molecule has 0 saturated carbocycles. The van der Waals surface area contributed by atoms with Gasteiger partial charge in [0.1, 0.15) is 0 Å². The van der Waals surface area contributed by atoms with E-state index in [9.17, 15) is 4.79 Å². The van der Waals surface area contributed by atoms with E-state index in [1.54, 1.807) is 14.2 Å². The standard InChI is InChI=1S/C27H37N3O3/c1-5-7-10-23(20-12-13-25(32-3)26(18-20)33-4)30-19-22-21(27(30)31)9-8-11-24(22)29-16-14-28(6-2)15-17-29/h8-9,11-13,18,23H,5-7,10,14-17,19H2,1-4H3/t23-/m1/s1.